The number of ketones is 1. The number of hydrogen-bond donors (Lipinski definition) is 1. The Bertz CT molecular complexity index is 1580. The van der Waals surface area contributed by atoms with Crippen molar-refractivity contribution < 1.29 is 32.6 Å². The van der Waals surface area contributed by atoms with Gasteiger partial charge in [0.05, 0.1) is 11.9 Å². The average Bonchev–Trinajstić information content (AvgIpc) is 3.32. The molecule has 1 fully saturated rings. The average molecular weight is 561 g/mol. The highest BCUT2D eigenvalue weighted by Gasteiger charge is 2.41. The number of carboxylic acid groups (broad SMARTS) is 1. The van der Waals surface area contributed by atoms with Crippen LogP contribution < -0.4 is 4.74 Å². The fourth-order valence-electron chi connectivity index (χ4n) is 5.15. The second-order valence-electron chi connectivity index (χ2n) is 10.00. The van der Waals surface area contributed by atoms with Gasteiger partial charge in [-0.05, 0) is 59.3 Å². The van der Waals surface area contributed by atoms with Gasteiger partial charge >= 0.3 is 12.1 Å². The van der Waals surface area contributed by atoms with E-state index in [2.05, 4.69) is 23.8 Å². The van der Waals surface area contributed by atoms with Gasteiger partial charge in [0, 0.05) is 18.4 Å². The van der Waals surface area contributed by atoms with Gasteiger partial charge in [-0.25, -0.2) is 9.48 Å². The molecule has 210 valence electrons. The van der Waals surface area contributed by atoms with E-state index in [0.29, 0.717) is 58.9 Å². The van der Waals surface area contributed by atoms with Gasteiger partial charge in [0.15, 0.2) is 5.69 Å². The molecule has 41 heavy (non-hydrogen) atoms. The largest absolute Gasteiger partial charge is 0.488 e. The molecule has 5 rings (SSSR count). The molecular weight excluding hydrogens is 533 g/mol. The van der Waals surface area contributed by atoms with Crippen LogP contribution in [0.25, 0.3) is 11.3 Å². The molecule has 9 heteroatoms. The van der Waals surface area contributed by atoms with Crippen molar-refractivity contribution in [1.82, 2.24) is 9.78 Å². The van der Waals surface area contributed by atoms with Gasteiger partial charge < -0.3 is 9.84 Å². The van der Waals surface area contributed by atoms with Crippen LogP contribution in [0.3, 0.4) is 0 Å². The number of Topliss-reactive ketones (excluding diaryl/α,β-unsaturated/α-hetero) is 1. The summed E-state index contributed by atoms with van der Waals surface area (Å²) in [5, 5.41) is 13.0. The van der Waals surface area contributed by atoms with Crippen LogP contribution in [0.2, 0.25) is 0 Å². The number of ether oxygens (including phenoxy) is 1. The van der Waals surface area contributed by atoms with Crippen molar-refractivity contribution in [3.05, 3.63) is 119 Å². The number of benzene rings is 2. The molecule has 6 nitrogen and oxygen atoms in total. The van der Waals surface area contributed by atoms with Gasteiger partial charge in [0.25, 0.3) is 0 Å². The maximum absolute atomic E-state index is 13.8. The van der Waals surface area contributed by atoms with E-state index in [4.69, 9.17) is 4.74 Å². The van der Waals surface area contributed by atoms with Crippen LogP contribution >= 0.6 is 0 Å². The summed E-state index contributed by atoms with van der Waals surface area (Å²) in [4.78, 5) is 23.0. The molecule has 3 aromatic rings. The Hall–Kier alpha value is -4.66. The quantitative estimate of drug-likeness (QED) is 0.325. The van der Waals surface area contributed by atoms with Gasteiger partial charge in [-0.2, -0.15) is 18.3 Å². The number of carboxylic acids is 1. The predicted molar refractivity (Wildman–Crippen MR) is 148 cm³/mol. The molecule has 2 aliphatic carbocycles. The van der Waals surface area contributed by atoms with Crippen molar-refractivity contribution in [3.63, 3.8) is 0 Å². The second kappa shape index (κ2) is 11.4. The minimum atomic E-state index is -4.94. The summed E-state index contributed by atoms with van der Waals surface area (Å²) in [5.74, 6) is -0.410. The van der Waals surface area contributed by atoms with E-state index in [0.717, 1.165) is 18.4 Å². The molecule has 0 unspecified atom stereocenters. The van der Waals surface area contributed by atoms with E-state index < -0.39 is 23.4 Å². The lowest BCUT2D eigenvalue weighted by molar-refractivity contribution is -0.143. The molecule has 0 aliphatic heterocycles. The first-order valence-electron chi connectivity index (χ1n) is 13.1. The number of carbonyl (C=O) groups is 2. The molecule has 1 N–H and O–H groups in total. The summed E-state index contributed by atoms with van der Waals surface area (Å²) in [7, 11) is 0. The van der Waals surface area contributed by atoms with Crippen molar-refractivity contribution in [2.24, 2.45) is 0 Å². The first-order valence-corrected chi connectivity index (χ1v) is 13.1. The summed E-state index contributed by atoms with van der Waals surface area (Å²) in [5.41, 5.74) is 1.45. The number of aromatic nitrogens is 2. The van der Waals surface area contributed by atoms with Gasteiger partial charge in [0.2, 0.25) is 0 Å². The Morgan fingerprint density at radius 1 is 1.10 bits per heavy atom. The minimum Gasteiger partial charge on any atom is -0.488 e. The van der Waals surface area contributed by atoms with Crippen LogP contribution in [-0.4, -0.2) is 26.6 Å². The van der Waals surface area contributed by atoms with Crippen LogP contribution in [0.15, 0.2) is 91.2 Å². The topological polar surface area (TPSA) is 81.4 Å². The van der Waals surface area contributed by atoms with Gasteiger partial charge in [-0.15, -0.1) is 0 Å². The Balaban J connectivity index is 1.34. The van der Waals surface area contributed by atoms with Crippen LogP contribution in [0, 0.1) is 0 Å². The van der Waals surface area contributed by atoms with Crippen molar-refractivity contribution in [2.45, 2.75) is 44.4 Å². The number of allylic oxidation sites excluding steroid dienone is 7. The third-order valence-corrected chi connectivity index (χ3v) is 7.27. The molecule has 0 spiro atoms. The Morgan fingerprint density at radius 2 is 1.80 bits per heavy atom. The number of halogens is 3. The molecule has 0 bridgehead atoms. The highest BCUT2D eigenvalue weighted by Crippen LogP contribution is 2.37. The maximum atomic E-state index is 13.8. The van der Waals surface area contributed by atoms with Crippen LogP contribution in [-0.2, 0) is 17.6 Å². The van der Waals surface area contributed by atoms with E-state index in [1.165, 1.54) is 11.6 Å². The smallest absolute Gasteiger partial charge is 0.434 e. The fraction of sp³-hybridized carbons (Fsp3) is 0.219. The molecule has 0 saturated heterocycles. The van der Waals surface area contributed by atoms with Crippen LogP contribution in [0.5, 0.6) is 5.75 Å². The fourth-order valence-corrected chi connectivity index (χ4v) is 5.15. The molecular formula is C32H27F3N2O4. The SMILES string of the molecule is C=C1C=C(c2ccccc2OCc2ccc(C3CCC(=O)CC3)cc2)C=CC=C1n1ncc(C(=O)O)c1C(F)(F)F. The van der Waals surface area contributed by atoms with Crippen molar-refractivity contribution in [2.75, 3.05) is 0 Å². The van der Waals surface area contributed by atoms with Crippen LogP contribution in [0.4, 0.5) is 13.2 Å². The molecule has 0 radical (unpaired) electrons. The summed E-state index contributed by atoms with van der Waals surface area (Å²) in [6.45, 7) is 4.25. The molecule has 1 aromatic heterocycles. The Morgan fingerprint density at radius 3 is 2.49 bits per heavy atom. The standard InChI is InChI=1S/C32H27F3N2O4/c1-20-17-24(5-4-7-28(20)37-30(32(33,34)35)27(18-36-37)31(39)40)26-6-2-3-8-29(26)41-19-21-9-11-22(12-10-21)23-13-15-25(38)16-14-23/h2-12,17-18,23H,1,13-16,19H2,(H,39,40). The molecule has 2 aliphatic rings. The van der Waals surface area contributed by atoms with E-state index in [1.807, 2.05) is 36.4 Å². The van der Waals surface area contributed by atoms with E-state index in [1.54, 1.807) is 18.2 Å². The molecule has 2 aromatic carbocycles. The number of para-hydroxylation sites is 1. The lowest BCUT2D eigenvalue weighted by Gasteiger charge is -2.21. The summed E-state index contributed by atoms with van der Waals surface area (Å²) >= 11 is 0. The number of alkyl halides is 3. The lowest BCUT2D eigenvalue weighted by Crippen LogP contribution is -2.18. The Labute approximate surface area is 234 Å². The maximum Gasteiger partial charge on any atom is 0.434 e. The van der Waals surface area contributed by atoms with Crippen molar-refractivity contribution in [1.29, 1.82) is 0 Å². The van der Waals surface area contributed by atoms with Gasteiger partial charge in [-0.1, -0.05) is 61.2 Å². The third kappa shape index (κ3) is 6.09. The van der Waals surface area contributed by atoms with Crippen molar-refractivity contribution >= 4 is 23.0 Å². The van der Waals surface area contributed by atoms with E-state index >= 15 is 0 Å². The monoisotopic (exact) mass is 560 g/mol. The second-order valence-corrected chi connectivity index (χ2v) is 10.00. The van der Waals surface area contributed by atoms with Crippen molar-refractivity contribution in [3.8, 4) is 5.75 Å². The van der Waals surface area contributed by atoms with Crippen LogP contribution in [0.1, 0.15) is 64.3 Å². The summed E-state index contributed by atoms with van der Waals surface area (Å²) in [6, 6.07) is 15.5. The lowest BCUT2D eigenvalue weighted by atomic mass is 9.83. The first-order chi connectivity index (χ1) is 19.6. The number of hydrogen-bond acceptors (Lipinski definition) is 4. The zero-order chi connectivity index (χ0) is 29.1. The van der Waals surface area contributed by atoms with E-state index in [-0.39, 0.29) is 11.3 Å². The molecule has 1 saturated carbocycles. The van der Waals surface area contributed by atoms with E-state index in [9.17, 15) is 27.9 Å². The number of carbonyl (C=O) groups excluding carboxylic acids is 1. The van der Waals surface area contributed by atoms with Gasteiger partial charge in [0.1, 0.15) is 23.7 Å². The number of nitrogens with zero attached hydrogens (tertiary/aromatic N) is 2. The summed E-state index contributed by atoms with van der Waals surface area (Å²) in [6.07, 6.45) is 5.08. The number of rotatable bonds is 7. The number of aromatic carboxylic acids is 1. The Kier molecular flexibility index (Phi) is 7.79. The third-order valence-electron chi connectivity index (χ3n) is 7.27. The summed E-state index contributed by atoms with van der Waals surface area (Å²) < 4.78 is 48.1. The molecule has 0 atom stereocenters. The predicted octanol–water partition coefficient (Wildman–Crippen LogP) is 7.46. The first kappa shape index (κ1) is 27.9. The highest BCUT2D eigenvalue weighted by molar-refractivity contribution is 5.90. The highest BCUT2D eigenvalue weighted by atomic mass is 19.4. The minimum absolute atomic E-state index is 0.00287. The van der Waals surface area contributed by atoms with Gasteiger partial charge in [-0.3, -0.25) is 4.79 Å². The normalized spacial score (nSPS) is 16.3. The molecule has 1 heterocycles. The zero-order valence-corrected chi connectivity index (χ0v) is 22.0. The molecule has 0 amide bonds. The zero-order valence-electron chi connectivity index (χ0n) is 22.0.